The van der Waals surface area contributed by atoms with Gasteiger partial charge in [-0.3, -0.25) is 4.79 Å². The van der Waals surface area contributed by atoms with E-state index < -0.39 is 11.4 Å². The van der Waals surface area contributed by atoms with Gasteiger partial charge in [-0.1, -0.05) is 19.4 Å². The summed E-state index contributed by atoms with van der Waals surface area (Å²) in [5, 5.41) is 9.42. The lowest BCUT2D eigenvalue weighted by Crippen LogP contribution is -2.47. The summed E-state index contributed by atoms with van der Waals surface area (Å²) in [4.78, 5) is 13.7. The second-order valence-electron chi connectivity index (χ2n) is 4.79. The fraction of sp³-hybridized carbons (Fsp3) is 0.769. The van der Waals surface area contributed by atoms with Crippen molar-refractivity contribution >= 4 is 5.97 Å². The fourth-order valence-electron chi connectivity index (χ4n) is 2.66. The predicted molar refractivity (Wildman–Crippen MR) is 65.5 cm³/mol. The molecule has 0 aromatic carbocycles. The van der Waals surface area contributed by atoms with Crippen LogP contribution in [0, 0.1) is 5.41 Å². The van der Waals surface area contributed by atoms with Gasteiger partial charge < -0.3 is 10.0 Å². The molecule has 1 fully saturated rings. The molecule has 0 bridgehead atoms. The van der Waals surface area contributed by atoms with E-state index in [0.717, 1.165) is 45.2 Å². The topological polar surface area (TPSA) is 40.5 Å². The molecule has 1 aliphatic rings. The summed E-state index contributed by atoms with van der Waals surface area (Å²) >= 11 is 0. The Bertz CT molecular complexity index is 248. The van der Waals surface area contributed by atoms with Gasteiger partial charge in [-0.25, -0.2) is 0 Å². The van der Waals surface area contributed by atoms with Crippen LogP contribution in [0.4, 0.5) is 0 Å². The number of hydrogen-bond donors (Lipinski definition) is 1. The SMILES string of the molecule is C=CCCN1CCCC(CCC)(C(=O)O)C1. The van der Waals surface area contributed by atoms with Gasteiger partial charge in [-0.15, -0.1) is 6.58 Å². The molecule has 16 heavy (non-hydrogen) atoms. The molecular weight excluding hydrogens is 202 g/mol. The van der Waals surface area contributed by atoms with Crippen molar-refractivity contribution < 1.29 is 9.90 Å². The van der Waals surface area contributed by atoms with Crippen LogP contribution in [0.1, 0.15) is 39.0 Å². The lowest BCUT2D eigenvalue weighted by Gasteiger charge is -2.39. The predicted octanol–water partition coefficient (Wildman–Crippen LogP) is 2.53. The normalized spacial score (nSPS) is 26.6. The lowest BCUT2D eigenvalue weighted by molar-refractivity contribution is -0.153. The van der Waals surface area contributed by atoms with Gasteiger partial charge >= 0.3 is 5.97 Å². The van der Waals surface area contributed by atoms with E-state index in [9.17, 15) is 9.90 Å². The molecule has 0 aliphatic carbocycles. The zero-order valence-electron chi connectivity index (χ0n) is 10.2. The largest absolute Gasteiger partial charge is 0.481 e. The fourth-order valence-corrected chi connectivity index (χ4v) is 2.66. The van der Waals surface area contributed by atoms with E-state index in [-0.39, 0.29) is 0 Å². The molecule has 0 aromatic rings. The number of likely N-dealkylation sites (tertiary alicyclic amines) is 1. The first-order chi connectivity index (χ1) is 7.64. The first-order valence-corrected chi connectivity index (χ1v) is 6.21. The number of carboxylic acids is 1. The van der Waals surface area contributed by atoms with E-state index in [2.05, 4.69) is 18.4 Å². The summed E-state index contributed by atoms with van der Waals surface area (Å²) in [6.07, 6.45) is 6.43. The molecule has 0 saturated carbocycles. The van der Waals surface area contributed by atoms with Crippen molar-refractivity contribution in [1.82, 2.24) is 4.90 Å². The van der Waals surface area contributed by atoms with Crippen molar-refractivity contribution in [2.75, 3.05) is 19.6 Å². The molecule has 1 rings (SSSR count). The number of carbonyl (C=O) groups is 1. The number of carboxylic acid groups (broad SMARTS) is 1. The van der Waals surface area contributed by atoms with E-state index >= 15 is 0 Å². The third kappa shape index (κ3) is 3.08. The van der Waals surface area contributed by atoms with Gasteiger partial charge in [0, 0.05) is 13.1 Å². The summed E-state index contributed by atoms with van der Waals surface area (Å²) in [5.41, 5.74) is -0.492. The first-order valence-electron chi connectivity index (χ1n) is 6.21. The van der Waals surface area contributed by atoms with Crippen LogP contribution in [0.3, 0.4) is 0 Å². The number of aliphatic carboxylic acids is 1. The van der Waals surface area contributed by atoms with Gasteiger partial charge in [0.25, 0.3) is 0 Å². The Morgan fingerprint density at radius 2 is 2.38 bits per heavy atom. The Hall–Kier alpha value is -0.830. The van der Waals surface area contributed by atoms with Crippen LogP contribution in [0.2, 0.25) is 0 Å². The Balaban J connectivity index is 2.63. The minimum atomic E-state index is -0.613. The first kappa shape index (κ1) is 13.2. The standard InChI is InChI=1S/C13H23NO2/c1-3-5-9-14-10-6-8-13(11-14,7-4-2)12(15)16/h3H,1,4-11H2,2H3,(H,15,16). The van der Waals surface area contributed by atoms with Crippen LogP contribution >= 0.6 is 0 Å². The number of hydrogen-bond acceptors (Lipinski definition) is 2. The maximum Gasteiger partial charge on any atom is 0.310 e. The Morgan fingerprint density at radius 1 is 1.62 bits per heavy atom. The zero-order valence-corrected chi connectivity index (χ0v) is 10.2. The smallest absolute Gasteiger partial charge is 0.310 e. The van der Waals surface area contributed by atoms with Crippen molar-refractivity contribution in [1.29, 1.82) is 0 Å². The van der Waals surface area contributed by atoms with E-state index in [1.54, 1.807) is 0 Å². The van der Waals surface area contributed by atoms with E-state index in [0.29, 0.717) is 6.54 Å². The monoisotopic (exact) mass is 225 g/mol. The molecular formula is C13H23NO2. The Labute approximate surface area is 98.1 Å². The van der Waals surface area contributed by atoms with Gasteiger partial charge in [0.1, 0.15) is 0 Å². The molecule has 1 atom stereocenters. The number of nitrogens with zero attached hydrogens (tertiary/aromatic N) is 1. The highest BCUT2D eigenvalue weighted by molar-refractivity contribution is 5.75. The van der Waals surface area contributed by atoms with Crippen LogP contribution in [0.5, 0.6) is 0 Å². The van der Waals surface area contributed by atoms with E-state index in [1.165, 1.54) is 0 Å². The van der Waals surface area contributed by atoms with Gasteiger partial charge in [0.05, 0.1) is 5.41 Å². The van der Waals surface area contributed by atoms with E-state index in [1.807, 2.05) is 6.08 Å². The van der Waals surface area contributed by atoms with Gasteiger partial charge in [-0.2, -0.15) is 0 Å². The molecule has 0 amide bonds. The third-order valence-electron chi connectivity index (χ3n) is 3.49. The van der Waals surface area contributed by atoms with Crippen molar-refractivity contribution in [3.05, 3.63) is 12.7 Å². The highest BCUT2D eigenvalue weighted by Crippen LogP contribution is 2.35. The summed E-state index contributed by atoms with van der Waals surface area (Å²) in [5.74, 6) is -0.613. The molecule has 1 heterocycles. The maximum atomic E-state index is 11.4. The maximum absolute atomic E-state index is 11.4. The summed E-state index contributed by atoms with van der Waals surface area (Å²) in [6.45, 7) is 8.47. The van der Waals surface area contributed by atoms with Crippen LogP contribution in [-0.2, 0) is 4.79 Å². The highest BCUT2D eigenvalue weighted by atomic mass is 16.4. The van der Waals surface area contributed by atoms with Crippen LogP contribution < -0.4 is 0 Å². The third-order valence-corrected chi connectivity index (χ3v) is 3.49. The lowest BCUT2D eigenvalue weighted by atomic mass is 9.76. The Kier molecular flexibility index (Phi) is 5.00. The van der Waals surface area contributed by atoms with Crippen LogP contribution in [-0.4, -0.2) is 35.6 Å². The molecule has 0 spiro atoms. The minimum absolute atomic E-state index is 0.492. The number of piperidine rings is 1. The molecule has 1 unspecified atom stereocenters. The molecule has 1 N–H and O–H groups in total. The van der Waals surface area contributed by atoms with Crippen molar-refractivity contribution in [2.45, 2.75) is 39.0 Å². The molecule has 1 saturated heterocycles. The Morgan fingerprint density at radius 3 is 2.94 bits per heavy atom. The minimum Gasteiger partial charge on any atom is -0.481 e. The molecule has 3 heteroatoms. The average molecular weight is 225 g/mol. The van der Waals surface area contributed by atoms with Crippen molar-refractivity contribution in [3.63, 3.8) is 0 Å². The quantitative estimate of drug-likeness (QED) is 0.706. The molecule has 0 aromatic heterocycles. The van der Waals surface area contributed by atoms with Gasteiger partial charge in [0.15, 0.2) is 0 Å². The second-order valence-corrected chi connectivity index (χ2v) is 4.79. The summed E-state index contributed by atoms with van der Waals surface area (Å²) < 4.78 is 0. The summed E-state index contributed by atoms with van der Waals surface area (Å²) in [7, 11) is 0. The van der Waals surface area contributed by atoms with Crippen LogP contribution in [0.25, 0.3) is 0 Å². The molecule has 92 valence electrons. The van der Waals surface area contributed by atoms with Crippen LogP contribution in [0.15, 0.2) is 12.7 Å². The molecule has 3 nitrogen and oxygen atoms in total. The van der Waals surface area contributed by atoms with Gasteiger partial charge in [-0.05, 0) is 32.2 Å². The van der Waals surface area contributed by atoms with Crippen molar-refractivity contribution in [3.8, 4) is 0 Å². The average Bonchev–Trinajstić information content (AvgIpc) is 2.27. The highest BCUT2D eigenvalue weighted by Gasteiger charge is 2.41. The van der Waals surface area contributed by atoms with Crippen molar-refractivity contribution in [2.24, 2.45) is 5.41 Å². The number of rotatable bonds is 6. The second kappa shape index (κ2) is 6.04. The van der Waals surface area contributed by atoms with Gasteiger partial charge in [0.2, 0.25) is 0 Å². The summed E-state index contributed by atoms with van der Waals surface area (Å²) in [6, 6.07) is 0. The van der Waals surface area contributed by atoms with E-state index in [4.69, 9.17) is 0 Å². The molecule has 0 radical (unpaired) electrons. The molecule has 1 aliphatic heterocycles. The zero-order chi connectivity index (χ0) is 12.0.